The molecule has 1 heterocycles. The lowest BCUT2D eigenvalue weighted by atomic mass is 9.89. The lowest BCUT2D eigenvalue weighted by Crippen LogP contribution is -2.27. The largest absolute Gasteiger partial charge is 0.463 e. The van der Waals surface area contributed by atoms with Crippen molar-refractivity contribution in [3.05, 3.63) is 59.5 Å². The summed E-state index contributed by atoms with van der Waals surface area (Å²) in [5, 5.41) is 10.8. The molecule has 0 aliphatic rings. The summed E-state index contributed by atoms with van der Waals surface area (Å²) < 4.78 is 10.0. The van der Waals surface area contributed by atoms with Gasteiger partial charge in [-0.3, -0.25) is 0 Å². The van der Waals surface area contributed by atoms with Gasteiger partial charge in [0.05, 0.1) is 7.11 Å². The summed E-state index contributed by atoms with van der Waals surface area (Å²) in [4.78, 5) is 11.4. The average Bonchev–Trinajstić information content (AvgIpc) is 2.98. The van der Waals surface area contributed by atoms with Crippen LogP contribution >= 0.6 is 0 Å². The van der Waals surface area contributed by atoms with E-state index < -0.39 is 11.6 Å². The Morgan fingerprint density at radius 2 is 1.95 bits per heavy atom. The van der Waals surface area contributed by atoms with E-state index in [1.807, 2.05) is 37.3 Å². The van der Waals surface area contributed by atoms with Gasteiger partial charge in [-0.15, -0.1) is 0 Å². The van der Waals surface area contributed by atoms with Crippen molar-refractivity contribution in [2.24, 2.45) is 0 Å². The van der Waals surface area contributed by atoms with Gasteiger partial charge in [-0.25, -0.2) is 4.79 Å². The second-order valence-corrected chi connectivity index (χ2v) is 4.70. The predicted molar refractivity (Wildman–Crippen MR) is 74.4 cm³/mol. The standard InChI is InChI=1S/C16H18O4/c1-3-16(18,11-12-7-5-4-6-8-12)14-10-9-13(20-14)15(17)19-2/h4-10,18H,3,11H2,1-2H3. The minimum absolute atomic E-state index is 0.0995. The van der Waals surface area contributed by atoms with Crippen molar-refractivity contribution in [2.45, 2.75) is 25.4 Å². The number of hydrogen-bond acceptors (Lipinski definition) is 4. The van der Waals surface area contributed by atoms with Crippen LogP contribution in [0, 0.1) is 0 Å². The van der Waals surface area contributed by atoms with E-state index in [0.29, 0.717) is 18.6 Å². The van der Waals surface area contributed by atoms with E-state index in [0.717, 1.165) is 5.56 Å². The molecule has 0 aliphatic carbocycles. The third-order valence-electron chi connectivity index (χ3n) is 3.38. The van der Waals surface area contributed by atoms with Gasteiger partial charge in [-0.05, 0) is 24.1 Å². The average molecular weight is 274 g/mol. The first-order chi connectivity index (χ1) is 9.59. The molecule has 1 aromatic carbocycles. The summed E-state index contributed by atoms with van der Waals surface area (Å²) in [7, 11) is 1.29. The van der Waals surface area contributed by atoms with Gasteiger partial charge in [0.1, 0.15) is 11.4 Å². The van der Waals surface area contributed by atoms with Gasteiger partial charge in [0.15, 0.2) is 0 Å². The van der Waals surface area contributed by atoms with Crippen LogP contribution in [0.25, 0.3) is 0 Å². The van der Waals surface area contributed by atoms with Crippen molar-refractivity contribution in [3.8, 4) is 0 Å². The summed E-state index contributed by atoms with van der Waals surface area (Å²) in [6.45, 7) is 1.88. The van der Waals surface area contributed by atoms with E-state index in [1.165, 1.54) is 13.2 Å². The topological polar surface area (TPSA) is 59.7 Å². The Kier molecular flexibility index (Phi) is 4.25. The van der Waals surface area contributed by atoms with Crippen molar-refractivity contribution in [1.29, 1.82) is 0 Å². The van der Waals surface area contributed by atoms with Gasteiger partial charge in [0.25, 0.3) is 0 Å². The second kappa shape index (κ2) is 5.92. The molecule has 4 nitrogen and oxygen atoms in total. The first-order valence-electron chi connectivity index (χ1n) is 6.54. The number of carbonyl (C=O) groups excluding carboxylic acids is 1. The van der Waals surface area contributed by atoms with Crippen LogP contribution in [-0.2, 0) is 16.8 Å². The first kappa shape index (κ1) is 14.3. The van der Waals surface area contributed by atoms with Crippen molar-refractivity contribution in [2.75, 3.05) is 7.11 Å². The summed E-state index contributed by atoms with van der Waals surface area (Å²) in [6, 6.07) is 12.8. The number of carbonyl (C=O) groups is 1. The molecule has 0 saturated carbocycles. The Morgan fingerprint density at radius 1 is 1.25 bits per heavy atom. The maximum Gasteiger partial charge on any atom is 0.373 e. The molecule has 1 unspecified atom stereocenters. The summed E-state index contributed by atoms with van der Waals surface area (Å²) in [5.41, 5.74) is -0.124. The van der Waals surface area contributed by atoms with Crippen molar-refractivity contribution in [1.82, 2.24) is 0 Å². The number of rotatable bonds is 5. The second-order valence-electron chi connectivity index (χ2n) is 4.70. The van der Waals surface area contributed by atoms with E-state index in [-0.39, 0.29) is 5.76 Å². The number of esters is 1. The predicted octanol–water partition coefficient (Wildman–Crippen LogP) is 2.91. The van der Waals surface area contributed by atoms with Crippen molar-refractivity contribution in [3.63, 3.8) is 0 Å². The SMILES string of the molecule is CCC(O)(Cc1ccccc1)c1ccc(C(=O)OC)o1. The van der Waals surface area contributed by atoms with E-state index in [1.54, 1.807) is 6.07 Å². The Bertz CT molecular complexity index is 573. The zero-order valence-corrected chi connectivity index (χ0v) is 11.6. The van der Waals surface area contributed by atoms with Crippen molar-refractivity contribution < 1.29 is 19.1 Å². The van der Waals surface area contributed by atoms with Crippen LogP contribution in [-0.4, -0.2) is 18.2 Å². The highest BCUT2D eigenvalue weighted by atomic mass is 16.5. The molecule has 0 radical (unpaired) electrons. The van der Waals surface area contributed by atoms with E-state index in [9.17, 15) is 9.90 Å². The first-order valence-corrected chi connectivity index (χ1v) is 6.54. The summed E-state index contributed by atoms with van der Waals surface area (Å²) >= 11 is 0. The molecule has 2 aromatic rings. The van der Waals surface area contributed by atoms with Crippen LogP contribution < -0.4 is 0 Å². The van der Waals surface area contributed by atoms with Gasteiger partial charge in [0, 0.05) is 6.42 Å². The van der Waals surface area contributed by atoms with Crippen LogP contribution in [0.2, 0.25) is 0 Å². The molecule has 1 N–H and O–H groups in total. The molecule has 106 valence electrons. The summed E-state index contributed by atoms with van der Waals surface area (Å²) in [5.74, 6) is -0.0684. The lowest BCUT2D eigenvalue weighted by molar-refractivity contribution is 0.00902. The molecule has 20 heavy (non-hydrogen) atoms. The van der Waals surface area contributed by atoms with Crippen LogP contribution in [0.5, 0.6) is 0 Å². The zero-order chi connectivity index (χ0) is 14.6. The smallest absolute Gasteiger partial charge is 0.373 e. The van der Waals surface area contributed by atoms with Crippen LogP contribution in [0.15, 0.2) is 46.9 Å². The number of methoxy groups -OCH3 is 1. The highest BCUT2D eigenvalue weighted by Crippen LogP contribution is 2.30. The monoisotopic (exact) mass is 274 g/mol. The van der Waals surface area contributed by atoms with Gasteiger partial charge >= 0.3 is 5.97 Å². The van der Waals surface area contributed by atoms with E-state index in [2.05, 4.69) is 4.74 Å². The molecule has 0 spiro atoms. The fourth-order valence-corrected chi connectivity index (χ4v) is 2.12. The Morgan fingerprint density at radius 3 is 2.55 bits per heavy atom. The Labute approximate surface area is 118 Å². The molecular formula is C16H18O4. The molecule has 0 aliphatic heterocycles. The van der Waals surface area contributed by atoms with Crippen LogP contribution in [0.3, 0.4) is 0 Å². The number of ether oxygens (including phenoxy) is 1. The number of benzene rings is 1. The molecule has 1 aromatic heterocycles. The molecule has 0 bridgehead atoms. The fourth-order valence-electron chi connectivity index (χ4n) is 2.12. The third kappa shape index (κ3) is 2.91. The molecule has 4 heteroatoms. The van der Waals surface area contributed by atoms with E-state index >= 15 is 0 Å². The molecule has 0 amide bonds. The minimum atomic E-state index is -1.13. The highest BCUT2D eigenvalue weighted by molar-refractivity contribution is 5.86. The number of furan rings is 1. The Balaban J connectivity index is 2.26. The van der Waals surface area contributed by atoms with Crippen LogP contribution in [0.4, 0.5) is 0 Å². The quantitative estimate of drug-likeness (QED) is 0.852. The van der Waals surface area contributed by atoms with Gasteiger partial charge < -0.3 is 14.3 Å². The maximum absolute atomic E-state index is 11.4. The number of hydrogen-bond donors (Lipinski definition) is 1. The molecule has 0 fully saturated rings. The van der Waals surface area contributed by atoms with Gasteiger partial charge in [0.2, 0.25) is 5.76 Å². The maximum atomic E-state index is 11.4. The fraction of sp³-hybridized carbons (Fsp3) is 0.312. The molecular weight excluding hydrogens is 256 g/mol. The number of aliphatic hydroxyl groups is 1. The molecule has 1 atom stereocenters. The van der Waals surface area contributed by atoms with Gasteiger partial charge in [-0.2, -0.15) is 0 Å². The van der Waals surface area contributed by atoms with E-state index in [4.69, 9.17) is 4.42 Å². The minimum Gasteiger partial charge on any atom is -0.463 e. The van der Waals surface area contributed by atoms with Crippen LogP contribution in [0.1, 0.15) is 35.2 Å². The zero-order valence-electron chi connectivity index (χ0n) is 11.6. The lowest BCUT2D eigenvalue weighted by Gasteiger charge is -2.24. The highest BCUT2D eigenvalue weighted by Gasteiger charge is 2.32. The third-order valence-corrected chi connectivity index (χ3v) is 3.38. The molecule has 0 saturated heterocycles. The summed E-state index contributed by atoms with van der Waals surface area (Å²) in [6.07, 6.45) is 0.911. The molecule has 2 rings (SSSR count). The van der Waals surface area contributed by atoms with Gasteiger partial charge in [-0.1, -0.05) is 37.3 Å². The normalized spacial score (nSPS) is 13.8. The Hall–Kier alpha value is -2.07. The van der Waals surface area contributed by atoms with Crippen molar-refractivity contribution >= 4 is 5.97 Å².